The number of fused-ring (bicyclic) bond motifs is 2. The fourth-order valence-corrected chi connectivity index (χ4v) is 4.81. The molecular formula is C27H32Cl2FN3O. The topological polar surface area (TPSA) is 19.0 Å². The standard InChI is InChI=1S/C27H30FN3O.2ClH/c1-29(2)23-11-7-20(8-12-23)13-15-30-16-14-24(18-30)31-25-5-3-4-6-27(25)32-19-21-9-10-22(28)17-26(21)31;;/h3-12,17,24H,13-16,18-19H2,1-2H3;2*1H/t24-;;/m1../s1. The Hall–Kier alpha value is -2.47. The highest BCUT2D eigenvalue weighted by atomic mass is 35.5. The third-order valence-electron chi connectivity index (χ3n) is 6.60. The van der Waals surface area contributed by atoms with Crippen LogP contribution in [0.2, 0.25) is 0 Å². The van der Waals surface area contributed by atoms with E-state index >= 15 is 0 Å². The lowest BCUT2D eigenvalue weighted by Gasteiger charge is -2.32. The van der Waals surface area contributed by atoms with E-state index in [0.29, 0.717) is 6.61 Å². The van der Waals surface area contributed by atoms with Crippen molar-refractivity contribution in [2.24, 2.45) is 0 Å². The molecule has 1 atom stereocenters. The Bertz CT molecular complexity index is 1090. The van der Waals surface area contributed by atoms with E-state index in [4.69, 9.17) is 4.74 Å². The molecule has 1 fully saturated rings. The lowest BCUT2D eigenvalue weighted by molar-refractivity contribution is 0.310. The number of benzene rings is 3. The second-order valence-corrected chi connectivity index (χ2v) is 8.95. The first-order valence-corrected chi connectivity index (χ1v) is 11.4. The minimum atomic E-state index is -0.204. The zero-order valence-electron chi connectivity index (χ0n) is 19.6. The van der Waals surface area contributed by atoms with Crippen molar-refractivity contribution in [1.29, 1.82) is 0 Å². The van der Waals surface area contributed by atoms with Gasteiger partial charge in [0.05, 0.1) is 11.4 Å². The average Bonchev–Trinajstić information content (AvgIpc) is 3.20. The summed E-state index contributed by atoms with van der Waals surface area (Å²) in [6.45, 7) is 3.49. The second kappa shape index (κ2) is 11.3. The largest absolute Gasteiger partial charge is 0.487 e. The monoisotopic (exact) mass is 503 g/mol. The predicted molar refractivity (Wildman–Crippen MR) is 143 cm³/mol. The molecule has 7 heteroatoms. The van der Waals surface area contributed by atoms with Crippen LogP contribution in [-0.2, 0) is 13.0 Å². The maximum absolute atomic E-state index is 14.2. The summed E-state index contributed by atoms with van der Waals surface area (Å²) in [6, 6.07) is 22.3. The van der Waals surface area contributed by atoms with Crippen molar-refractivity contribution in [3.8, 4) is 5.75 Å². The van der Waals surface area contributed by atoms with Crippen LogP contribution in [0.1, 0.15) is 17.5 Å². The SMILES string of the molecule is CN(C)c1ccc(CCN2CC[C@@H](N3c4cc(F)ccc4COc4ccccc43)C2)cc1.Cl.Cl. The third-order valence-corrected chi connectivity index (χ3v) is 6.60. The normalized spacial score (nSPS) is 16.9. The summed E-state index contributed by atoms with van der Waals surface area (Å²) in [7, 11) is 4.13. The first kappa shape index (κ1) is 26.1. The molecule has 0 spiro atoms. The minimum Gasteiger partial charge on any atom is -0.487 e. The van der Waals surface area contributed by atoms with Gasteiger partial charge in [0.1, 0.15) is 18.2 Å². The Kier molecular flexibility index (Phi) is 8.69. The average molecular weight is 504 g/mol. The Labute approximate surface area is 214 Å². The van der Waals surface area contributed by atoms with Crippen LogP contribution in [0.3, 0.4) is 0 Å². The van der Waals surface area contributed by atoms with Crippen molar-refractivity contribution in [3.05, 3.63) is 83.7 Å². The van der Waals surface area contributed by atoms with E-state index < -0.39 is 0 Å². The third kappa shape index (κ3) is 5.43. The van der Waals surface area contributed by atoms with Crippen LogP contribution < -0.4 is 14.5 Å². The molecule has 4 nitrogen and oxygen atoms in total. The smallest absolute Gasteiger partial charge is 0.143 e. The fraction of sp³-hybridized carbons (Fsp3) is 0.333. The van der Waals surface area contributed by atoms with Gasteiger partial charge in [-0.2, -0.15) is 0 Å². The summed E-state index contributed by atoms with van der Waals surface area (Å²) in [6.07, 6.45) is 2.08. The van der Waals surface area contributed by atoms with Gasteiger partial charge in [-0.15, -0.1) is 24.8 Å². The molecular weight excluding hydrogens is 472 g/mol. The molecule has 0 radical (unpaired) electrons. The number of halogens is 3. The van der Waals surface area contributed by atoms with Crippen LogP contribution >= 0.6 is 24.8 Å². The molecule has 3 aromatic rings. The van der Waals surface area contributed by atoms with Gasteiger partial charge < -0.3 is 19.4 Å². The molecule has 0 aromatic heterocycles. The van der Waals surface area contributed by atoms with Crippen LogP contribution in [0.15, 0.2) is 66.7 Å². The number of para-hydroxylation sites is 2. The zero-order valence-corrected chi connectivity index (χ0v) is 21.2. The Morgan fingerprint density at radius 2 is 1.74 bits per heavy atom. The summed E-state index contributed by atoms with van der Waals surface area (Å²) in [5.41, 5.74) is 5.58. The van der Waals surface area contributed by atoms with Crippen LogP contribution in [0.25, 0.3) is 0 Å². The first-order chi connectivity index (χ1) is 15.6. The van der Waals surface area contributed by atoms with Crippen molar-refractivity contribution >= 4 is 41.9 Å². The molecule has 182 valence electrons. The van der Waals surface area contributed by atoms with E-state index in [1.54, 1.807) is 6.07 Å². The number of rotatable bonds is 5. The quantitative estimate of drug-likeness (QED) is 0.419. The van der Waals surface area contributed by atoms with Crippen molar-refractivity contribution in [2.45, 2.75) is 25.5 Å². The molecule has 0 amide bonds. The van der Waals surface area contributed by atoms with E-state index in [0.717, 1.165) is 55.2 Å². The second-order valence-electron chi connectivity index (χ2n) is 8.95. The lowest BCUT2D eigenvalue weighted by atomic mass is 10.1. The van der Waals surface area contributed by atoms with Gasteiger partial charge in [-0.05, 0) is 54.8 Å². The zero-order chi connectivity index (χ0) is 22.1. The number of likely N-dealkylation sites (tertiary alicyclic amines) is 1. The molecule has 5 rings (SSSR count). The van der Waals surface area contributed by atoms with Gasteiger partial charge in [0.15, 0.2) is 0 Å². The number of nitrogens with zero attached hydrogens (tertiary/aromatic N) is 3. The molecule has 0 aliphatic carbocycles. The van der Waals surface area contributed by atoms with Gasteiger partial charge in [0.25, 0.3) is 0 Å². The van der Waals surface area contributed by atoms with Crippen molar-refractivity contribution < 1.29 is 9.13 Å². The van der Waals surface area contributed by atoms with Crippen LogP contribution in [0.5, 0.6) is 5.75 Å². The van der Waals surface area contributed by atoms with Gasteiger partial charge in [0.2, 0.25) is 0 Å². The van der Waals surface area contributed by atoms with Crippen molar-refractivity contribution in [3.63, 3.8) is 0 Å². The summed E-state index contributed by atoms with van der Waals surface area (Å²) in [5.74, 6) is 0.660. The molecule has 0 N–H and O–H groups in total. The molecule has 0 unspecified atom stereocenters. The highest BCUT2D eigenvalue weighted by Crippen LogP contribution is 2.42. The van der Waals surface area contributed by atoms with Gasteiger partial charge in [-0.3, -0.25) is 0 Å². The van der Waals surface area contributed by atoms with Crippen LogP contribution in [0, 0.1) is 5.82 Å². The number of ether oxygens (including phenoxy) is 1. The molecule has 2 aliphatic rings. The summed E-state index contributed by atoms with van der Waals surface area (Å²) in [5, 5.41) is 0. The molecule has 3 aromatic carbocycles. The number of anilines is 3. The molecule has 1 saturated heterocycles. The van der Waals surface area contributed by atoms with E-state index in [1.165, 1.54) is 17.3 Å². The van der Waals surface area contributed by atoms with Gasteiger partial charge in [-0.1, -0.05) is 30.3 Å². The van der Waals surface area contributed by atoms with Crippen molar-refractivity contribution in [1.82, 2.24) is 4.90 Å². The molecule has 34 heavy (non-hydrogen) atoms. The van der Waals surface area contributed by atoms with E-state index in [-0.39, 0.29) is 36.7 Å². The molecule has 0 bridgehead atoms. The van der Waals surface area contributed by atoms with Gasteiger partial charge in [-0.25, -0.2) is 4.39 Å². The predicted octanol–water partition coefficient (Wildman–Crippen LogP) is 6.08. The highest BCUT2D eigenvalue weighted by Gasteiger charge is 2.33. The maximum Gasteiger partial charge on any atom is 0.143 e. The number of hydrogen-bond acceptors (Lipinski definition) is 4. The Morgan fingerprint density at radius 1 is 0.971 bits per heavy atom. The molecule has 2 aliphatic heterocycles. The molecule has 0 saturated carbocycles. The summed E-state index contributed by atoms with van der Waals surface area (Å²) in [4.78, 5) is 6.96. The maximum atomic E-state index is 14.2. The highest BCUT2D eigenvalue weighted by molar-refractivity contribution is 5.85. The van der Waals surface area contributed by atoms with Crippen LogP contribution in [-0.4, -0.2) is 44.7 Å². The summed E-state index contributed by atoms with van der Waals surface area (Å²) < 4.78 is 20.3. The Balaban J connectivity index is 0.00000162. The Morgan fingerprint density at radius 3 is 2.50 bits per heavy atom. The fourth-order valence-electron chi connectivity index (χ4n) is 4.81. The van der Waals surface area contributed by atoms with Crippen molar-refractivity contribution in [2.75, 3.05) is 43.5 Å². The van der Waals surface area contributed by atoms with Gasteiger partial charge >= 0.3 is 0 Å². The van der Waals surface area contributed by atoms with E-state index in [2.05, 4.69) is 59.1 Å². The first-order valence-electron chi connectivity index (χ1n) is 11.4. The van der Waals surface area contributed by atoms with E-state index in [9.17, 15) is 4.39 Å². The number of hydrogen-bond donors (Lipinski definition) is 0. The lowest BCUT2D eigenvalue weighted by Crippen LogP contribution is -2.35. The molecule has 2 heterocycles. The van der Waals surface area contributed by atoms with E-state index in [1.807, 2.05) is 24.3 Å². The summed E-state index contributed by atoms with van der Waals surface area (Å²) >= 11 is 0. The minimum absolute atomic E-state index is 0. The van der Waals surface area contributed by atoms with Crippen LogP contribution in [0.4, 0.5) is 21.5 Å². The van der Waals surface area contributed by atoms with Gasteiger partial charge in [0, 0.05) is 51.0 Å².